The van der Waals surface area contributed by atoms with Crippen LogP contribution in [0.3, 0.4) is 0 Å². The van der Waals surface area contributed by atoms with Crippen molar-refractivity contribution in [3.63, 3.8) is 0 Å². The molecule has 1 aromatic carbocycles. The number of rotatable bonds is 5. The van der Waals surface area contributed by atoms with E-state index in [1.807, 2.05) is 0 Å². The normalized spacial score (nSPS) is 24.1. The zero-order chi connectivity index (χ0) is 13.8. The van der Waals surface area contributed by atoms with Crippen molar-refractivity contribution in [1.82, 2.24) is 5.32 Å². The summed E-state index contributed by atoms with van der Waals surface area (Å²) in [5.74, 6) is 0.683. The van der Waals surface area contributed by atoms with E-state index in [4.69, 9.17) is 0 Å². The van der Waals surface area contributed by atoms with Crippen LogP contribution in [0.5, 0.6) is 0 Å². The monoisotopic (exact) mass is 272 g/mol. The summed E-state index contributed by atoms with van der Waals surface area (Å²) in [4.78, 5) is 0. The Morgan fingerprint density at radius 1 is 1.25 bits per heavy atom. The van der Waals surface area contributed by atoms with Gasteiger partial charge in [0, 0.05) is 31.2 Å². The predicted octanol–water partition coefficient (Wildman–Crippen LogP) is 4.15. The first-order valence-electron chi connectivity index (χ1n) is 8.36. The van der Waals surface area contributed by atoms with Crippen LogP contribution in [0.25, 0.3) is 0 Å². The second-order valence-electron chi connectivity index (χ2n) is 6.69. The van der Waals surface area contributed by atoms with Gasteiger partial charge in [-0.15, -0.1) is 0 Å². The third-order valence-electron chi connectivity index (χ3n) is 5.51. The van der Waals surface area contributed by atoms with Gasteiger partial charge < -0.3 is 10.6 Å². The second-order valence-corrected chi connectivity index (χ2v) is 6.69. The molecule has 0 saturated heterocycles. The van der Waals surface area contributed by atoms with Gasteiger partial charge in [0.1, 0.15) is 0 Å². The van der Waals surface area contributed by atoms with Crippen LogP contribution in [0, 0.1) is 5.41 Å². The van der Waals surface area contributed by atoms with Gasteiger partial charge >= 0.3 is 0 Å². The molecule has 1 aromatic rings. The number of para-hydroxylation sites is 1. The standard InChI is InChI=1S/C18H28N2/c1-2-18(10-5-6-11-18)14-19-13-15-9-12-20-17-8-4-3-7-16(15)17/h3-4,7-8,15,19-20H,2,5-6,9-14H2,1H3. The maximum absolute atomic E-state index is 3.80. The quantitative estimate of drug-likeness (QED) is 0.841. The summed E-state index contributed by atoms with van der Waals surface area (Å²) in [7, 11) is 0. The number of nitrogens with one attached hydrogen (secondary N) is 2. The molecule has 0 amide bonds. The van der Waals surface area contributed by atoms with Crippen LogP contribution in [-0.2, 0) is 0 Å². The Hall–Kier alpha value is -1.02. The number of hydrogen-bond donors (Lipinski definition) is 2. The average Bonchev–Trinajstić information content (AvgIpc) is 2.97. The molecule has 1 aliphatic heterocycles. The fourth-order valence-electron chi connectivity index (χ4n) is 4.05. The Morgan fingerprint density at radius 2 is 2.05 bits per heavy atom. The van der Waals surface area contributed by atoms with Gasteiger partial charge in [0.2, 0.25) is 0 Å². The summed E-state index contributed by atoms with van der Waals surface area (Å²) in [5.41, 5.74) is 3.45. The van der Waals surface area contributed by atoms with E-state index >= 15 is 0 Å². The summed E-state index contributed by atoms with van der Waals surface area (Å²) in [5, 5.41) is 7.32. The van der Waals surface area contributed by atoms with E-state index in [9.17, 15) is 0 Å². The minimum absolute atomic E-state index is 0.604. The van der Waals surface area contributed by atoms with Crippen LogP contribution in [0.1, 0.15) is 56.9 Å². The molecular formula is C18H28N2. The van der Waals surface area contributed by atoms with E-state index in [0.717, 1.165) is 13.1 Å². The molecule has 1 aliphatic carbocycles. The van der Waals surface area contributed by atoms with Crippen LogP contribution in [0.4, 0.5) is 5.69 Å². The summed E-state index contributed by atoms with van der Waals surface area (Å²) in [6.45, 7) is 5.84. The predicted molar refractivity (Wildman–Crippen MR) is 86.4 cm³/mol. The molecular weight excluding hydrogens is 244 g/mol. The highest BCUT2D eigenvalue weighted by Crippen LogP contribution is 2.40. The smallest absolute Gasteiger partial charge is 0.0376 e. The van der Waals surface area contributed by atoms with E-state index < -0.39 is 0 Å². The molecule has 0 aromatic heterocycles. The van der Waals surface area contributed by atoms with Gasteiger partial charge in [0.15, 0.2) is 0 Å². The molecule has 1 unspecified atom stereocenters. The van der Waals surface area contributed by atoms with Crippen molar-refractivity contribution in [3.8, 4) is 0 Å². The van der Waals surface area contributed by atoms with E-state index in [0.29, 0.717) is 11.3 Å². The zero-order valence-electron chi connectivity index (χ0n) is 12.8. The van der Waals surface area contributed by atoms with E-state index in [1.165, 1.54) is 56.3 Å². The van der Waals surface area contributed by atoms with Crippen molar-refractivity contribution in [2.75, 3.05) is 25.0 Å². The molecule has 1 heterocycles. The van der Waals surface area contributed by atoms with E-state index in [2.05, 4.69) is 41.8 Å². The van der Waals surface area contributed by atoms with Crippen molar-refractivity contribution >= 4 is 5.69 Å². The highest BCUT2D eigenvalue weighted by Gasteiger charge is 2.31. The van der Waals surface area contributed by atoms with E-state index in [1.54, 1.807) is 0 Å². The molecule has 2 aliphatic rings. The van der Waals surface area contributed by atoms with Crippen molar-refractivity contribution in [3.05, 3.63) is 29.8 Å². The van der Waals surface area contributed by atoms with Crippen LogP contribution in [-0.4, -0.2) is 19.6 Å². The molecule has 0 radical (unpaired) electrons. The molecule has 0 bridgehead atoms. The third-order valence-corrected chi connectivity index (χ3v) is 5.51. The number of benzene rings is 1. The Labute approximate surface area is 123 Å². The first-order chi connectivity index (χ1) is 9.83. The molecule has 2 N–H and O–H groups in total. The summed E-state index contributed by atoms with van der Waals surface area (Å²) >= 11 is 0. The number of anilines is 1. The topological polar surface area (TPSA) is 24.1 Å². The first-order valence-corrected chi connectivity index (χ1v) is 8.36. The molecule has 2 nitrogen and oxygen atoms in total. The molecule has 1 saturated carbocycles. The van der Waals surface area contributed by atoms with Gasteiger partial charge in [-0.05, 0) is 42.7 Å². The molecule has 3 rings (SSSR count). The van der Waals surface area contributed by atoms with Gasteiger partial charge in [-0.25, -0.2) is 0 Å². The fourth-order valence-corrected chi connectivity index (χ4v) is 4.05. The Morgan fingerprint density at radius 3 is 2.85 bits per heavy atom. The van der Waals surface area contributed by atoms with Crippen LogP contribution in [0.15, 0.2) is 24.3 Å². The number of hydrogen-bond acceptors (Lipinski definition) is 2. The van der Waals surface area contributed by atoms with Gasteiger partial charge in [0.25, 0.3) is 0 Å². The highest BCUT2D eigenvalue weighted by molar-refractivity contribution is 5.54. The fraction of sp³-hybridized carbons (Fsp3) is 0.667. The van der Waals surface area contributed by atoms with Crippen molar-refractivity contribution < 1.29 is 0 Å². The van der Waals surface area contributed by atoms with E-state index in [-0.39, 0.29) is 0 Å². The summed E-state index contributed by atoms with van der Waals surface area (Å²) in [6.07, 6.45) is 8.32. The Kier molecular flexibility index (Phi) is 4.30. The second kappa shape index (κ2) is 6.17. The van der Waals surface area contributed by atoms with Gasteiger partial charge in [0.05, 0.1) is 0 Å². The SMILES string of the molecule is CCC1(CNCC2CCNc3ccccc32)CCCC1. The minimum Gasteiger partial charge on any atom is -0.385 e. The first kappa shape index (κ1) is 13.9. The van der Waals surface area contributed by atoms with Gasteiger partial charge in [-0.3, -0.25) is 0 Å². The van der Waals surface area contributed by atoms with Crippen molar-refractivity contribution in [1.29, 1.82) is 0 Å². The molecule has 1 fully saturated rings. The Bertz CT molecular complexity index is 435. The lowest BCUT2D eigenvalue weighted by Gasteiger charge is -2.31. The minimum atomic E-state index is 0.604. The number of fused-ring (bicyclic) bond motifs is 1. The molecule has 110 valence electrons. The van der Waals surface area contributed by atoms with Crippen LogP contribution < -0.4 is 10.6 Å². The largest absolute Gasteiger partial charge is 0.385 e. The maximum Gasteiger partial charge on any atom is 0.0376 e. The lowest BCUT2D eigenvalue weighted by Crippen LogP contribution is -2.35. The molecule has 0 spiro atoms. The summed E-state index contributed by atoms with van der Waals surface area (Å²) in [6, 6.07) is 8.81. The van der Waals surface area contributed by atoms with Crippen LogP contribution >= 0.6 is 0 Å². The van der Waals surface area contributed by atoms with Gasteiger partial charge in [-0.1, -0.05) is 38.0 Å². The highest BCUT2D eigenvalue weighted by atomic mass is 14.9. The zero-order valence-corrected chi connectivity index (χ0v) is 12.8. The molecule has 20 heavy (non-hydrogen) atoms. The lowest BCUT2D eigenvalue weighted by atomic mass is 9.83. The average molecular weight is 272 g/mol. The third kappa shape index (κ3) is 2.85. The molecule has 1 atom stereocenters. The van der Waals surface area contributed by atoms with Crippen molar-refractivity contribution in [2.45, 2.75) is 51.4 Å². The molecule has 2 heteroatoms. The lowest BCUT2D eigenvalue weighted by molar-refractivity contribution is 0.266. The van der Waals surface area contributed by atoms with Crippen molar-refractivity contribution in [2.24, 2.45) is 5.41 Å². The Balaban J connectivity index is 1.57. The maximum atomic E-state index is 3.80. The van der Waals surface area contributed by atoms with Crippen LogP contribution in [0.2, 0.25) is 0 Å². The summed E-state index contributed by atoms with van der Waals surface area (Å²) < 4.78 is 0. The van der Waals surface area contributed by atoms with Gasteiger partial charge in [-0.2, -0.15) is 0 Å².